The predicted octanol–water partition coefficient (Wildman–Crippen LogP) is 6.11. The summed E-state index contributed by atoms with van der Waals surface area (Å²) in [4.78, 5) is 28.3. The molecule has 0 radical (unpaired) electrons. The fourth-order valence-corrected chi connectivity index (χ4v) is 4.68. The van der Waals surface area contributed by atoms with Gasteiger partial charge in [-0.05, 0) is 61.6 Å². The van der Waals surface area contributed by atoms with Gasteiger partial charge in [-0.2, -0.15) is 0 Å². The Morgan fingerprint density at radius 2 is 1.68 bits per heavy atom. The SMILES string of the molecule is CCC(CC)(CC)C(=O)N/C=C\C1=C[C@@H](c2ccccc2)N([C@@H](C)c2ccc(OC)cc2)C1=O. The zero-order valence-corrected chi connectivity index (χ0v) is 20.9. The summed E-state index contributed by atoms with van der Waals surface area (Å²) >= 11 is 0. The van der Waals surface area contributed by atoms with E-state index in [-0.39, 0.29) is 29.3 Å². The van der Waals surface area contributed by atoms with Gasteiger partial charge in [0.25, 0.3) is 5.91 Å². The van der Waals surface area contributed by atoms with E-state index in [0.717, 1.165) is 36.1 Å². The summed E-state index contributed by atoms with van der Waals surface area (Å²) < 4.78 is 5.28. The normalized spacial score (nSPS) is 17.1. The van der Waals surface area contributed by atoms with Crippen LogP contribution < -0.4 is 10.1 Å². The molecule has 34 heavy (non-hydrogen) atoms. The van der Waals surface area contributed by atoms with E-state index in [9.17, 15) is 9.59 Å². The molecule has 2 atom stereocenters. The van der Waals surface area contributed by atoms with Crippen LogP contribution in [-0.2, 0) is 9.59 Å². The molecule has 1 aliphatic rings. The topological polar surface area (TPSA) is 58.6 Å². The first kappa shape index (κ1) is 25.3. The minimum absolute atomic E-state index is 0.00497. The van der Waals surface area contributed by atoms with Crippen molar-refractivity contribution in [2.24, 2.45) is 5.41 Å². The lowest BCUT2D eigenvalue weighted by Crippen LogP contribution is -2.37. The van der Waals surface area contributed by atoms with Crippen molar-refractivity contribution in [3.05, 3.63) is 89.6 Å². The molecule has 0 spiro atoms. The van der Waals surface area contributed by atoms with Gasteiger partial charge in [0.1, 0.15) is 5.75 Å². The average molecular weight is 461 g/mol. The number of amides is 2. The highest BCUT2D eigenvalue weighted by atomic mass is 16.5. The molecular formula is C29H36N2O3. The third kappa shape index (κ3) is 5.09. The highest BCUT2D eigenvalue weighted by Crippen LogP contribution is 2.39. The van der Waals surface area contributed by atoms with Gasteiger partial charge in [0.05, 0.1) is 19.2 Å². The number of methoxy groups -OCH3 is 1. The third-order valence-corrected chi connectivity index (χ3v) is 7.26. The summed E-state index contributed by atoms with van der Waals surface area (Å²) in [5.41, 5.74) is 2.27. The second kappa shape index (κ2) is 11.2. The predicted molar refractivity (Wildman–Crippen MR) is 136 cm³/mol. The van der Waals surface area contributed by atoms with Crippen molar-refractivity contribution < 1.29 is 14.3 Å². The largest absolute Gasteiger partial charge is 0.497 e. The van der Waals surface area contributed by atoms with E-state index in [1.807, 2.05) is 93.3 Å². The number of rotatable bonds is 10. The standard InChI is InChI=1S/C29H36N2O3/c1-6-29(7-2,8-3)28(33)30-19-18-24-20-26(23-12-10-9-11-13-23)31(27(24)32)21(4)22-14-16-25(34-5)17-15-22/h9-21,26H,6-8H2,1-5H3,(H,30,33)/b19-18-/t21-,26-/m0/s1. The molecule has 5 heteroatoms. The van der Waals surface area contributed by atoms with E-state index in [4.69, 9.17) is 4.74 Å². The van der Waals surface area contributed by atoms with Gasteiger partial charge in [-0.1, -0.05) is 63.2 Å². The quantitative estimate of drug-likeness (QED) is 0.465. The van der Waals surface area contributed by atoms with E-state index >= 15 is 0 Å². The van der Waals surface area contributed by atoms with Crippen molar-refractivity contribution in [1.29, 1.82) is 0 Å². The Hall–Kier alpha value is -3.34. The molecule has 3 rings (SSSR count). The summed E-state index contributed by atoms with van der Waals surface area (Å²) in [6, 6.07) is 17.5. The molecule has 0 fully saturated rings. The second-order valence-corrected chi connectivity index (χ2v) is 8.79. The molecule has 2 aromatic rings. The number of nitrogens with one attached hydrogen (secondary N) is 1. The first-order valence-corrected chi connectivity index (χ1v) is 12.1. The van der Waals surface area contributed by atoms with Gasteiger partial charge in [0.15, 0.2) is 0 Å². The van der Waals surface area contributed by atoms with Crippen LogP contribution in [0, 0.1) is 5.41 Å². The molecule has 2 amide bonds. The lowest BCUT2D eigenvalue weighted by molar-refractivity contribution is -0.131. The van der Waals surface area contributed by atoms with Crippen LogP contribution in [0.2, 0.25) is 0 Å². The maximum absolute atomic E-state index is 13.5. The summed E-state index contributed by atoms with van der Waals surface area (Å²) in [5.74, 6) is 0.726. The fourth-order valence-electron chi connectivity index (χ4n) is 4.68. The van der Waals surface area contributed by atoms with Gasteiger partial charge in [0.2, 0.25) is 5.91 Å². The van der Waals surface area contributed by atoms with E-state index in [1.165, 1.54) is 0 Å². The first-order chi connectivity index (χ1) is 16.4. The van der Waals surface area contributed by atoms with Crippen molar-refractivity contribution in [3.8, 4) is 5.75 Å². The lowest BCUT2D eigenvalue weighted by atomic mass is 9.79. The molecule has 0 aromatic heterocycles. The van der Waals surface area contributed by atoms with E-state index < -0.39 is 0 Å². The second-order valence-electron chi connectivity index (χ2n) is 8.79. The molecule has 0 saturated carbocycles. The van der Waals surface area contributed by atoms with Crippen LogP contribution in [0.25, 0.3) is 0 Å². The number of hydrogen-bond acceptors (Lipinski definition) is 3. The molecule has 0 aliphatic carbocycles. The Bertz CT molecular complexity index is 1030. The van der Waals surface area contributed by atoms with E-state index in [2.05, 4.69) is 5.32 Å². The smallest absolute Gasteiger partial charge is 0.254 e. The van der Waals surface area contributed by atoms with Crippen LogP contribution in [0.1, 0.15) is 70.2 Å². The number of benzene rings is 2. The van der Waals surface area contributed by atoms with Crippen molar-refractivity contribution in [2.75, 3.05) is 7.11 Å². The summed E-state index contributed by atoms with van der Waals surface area (Å²) in [6.07, 6.45) is 7.67. The van der Waals surface area contributed by atoms with Crippen LogP contribution >= 0.6 is 0 Å². The van der Waals surface area contributed by atoms with Crippen molar-refractivity contribution in [1.82, 2.24) is 10.2 Å². The highest BCUT2D eigenvalue weighted by molar-refractivity contribution is 5.99. The van der Waals surface area contributed by atoms with Gasteiger partial charge >= 0.3 is 0 Å². The minimum Gasteiger partial charge on any atom is -0.497 e. The summed E-state index contributed by atoms with van der Waals surface area (Å²) in [5, 5.41) is 2.92. The Labute approximate surface area is 203 Å². The number of nitrogens with zero attached hydrogens (tertiary/aromatic N) is 1. The molecule has 180 valence electrons. The molecule has 1 aliphatic heterocycles. The maximum atomic E-state index is 13.5. The number of hydrogen-bond donors (Lipinski definition) is 1. The summed E-state index contributed by atoms with van der Waals surface area (Å²) in [7, 11) is 1.64. The Balaban J connectivity index is 1.86. The molecule has 1 heterocycles. The highest BCUT2D eigenvalue weighted by Gasteiger charge is 2.36. The zero-order valence-electron chi connectivity index (χ0n) is 20.9. The molecule has 0 unspecified atom stereocenters. The first-order valence-electron chi connectivity index (χ1n) is 12.1. The van der Waals surface area contributed by atoms with Crippen LogP contribution in [-0.4, -0.2) is 23.8 Å². The molecule has 1 N–H and O–H groups in total. The monoisotopic (exact) mass is 460 g/mol. The van der Waals surface area contributed by atoms with Gasteiger partial charge in [0, 0.05) is 17.2 Å². The molecule has 0 saturated heterocycles. The number of carbonyl (C=O) groups is 2. The van der Waals surface area contributed by atoms with Crippen molar-refractivity contribution in [3.63, 3.8) is 0 Å². The van der Waals surface area contributed by atoms with Crippen molar-refractivity contribution in [2.45, 2.75) is 59.0 Å². The summed E-state index contributed by atoms with van der Waals surface area (Å²) in [6.45, 7) is 8.17. The fraction of sp³-hybridized carbons (Fsp3) is 0.379. The Kier molecular flexibility index (Phi) is 8.32. The molecule has 5 nitrogen and oxygen atoms in total. The molecule has 0 bridgehead atoms. The van der Waals surface area contributed by atoms with Gasteiger partial charge in [-0.25, -0.2) is 0 Å². The zero-order chi connectivity index (χ0) is 24.7. The lowest BCUT2D eigenvalue weighted by Gasteiger charge is -2.32. The van der Waals surface area contributed by atoms with Crippen LogP contribution in [0.4, 0.5) is 0 Å². The maximum Gasteiger partial charge on any atom is 0.254 e. The van der Waals surface area contributed by atoms with E-state index in [1.54, 1.807) is 19.4 Å². The Morgan fingerprint density at radius 1 is 1.06 bits per heavy atom. The number of ether oxygens (including phenoxy) is 1. The van der Waals surface area contributed by atoms with Crippen LogP contribution in [0.3, 0.4) is 0 Å². The average Bonchev–Trinajstić information content (AvgIpc) is 3.21. The molecular weight excluding hydrogens is 424 g/mol. The van der Waals surface area contributed by atoms with Crippen LogP contribution in [0.15, 0.2) is 78.5 Å². The Morgan fingerprint density at radius 3 is 2.24 bits per heavy atom. The molecule has 2 aromatic carbocycles. The van der Waals surface area contributed by atoms with Crippen molar-refractivity contribution >= 4 is 11.8 Å². The number of carbonyl (C=O) groups excluding carboxylic acids is 2. The van der Waals surface area contributed by atoms with Crippen LogP contribution in [0.5, 0.6) is 5.75 Å². The minimum atomic E-state index is -0.375. The van der Waals surface area contributed by atoms with Gasteiger partial charge < -0.3 is 15.0 Å². The van der Waals surface area contributed by atoms with Gasteiger partial charge in [-0.3, -0.25) is 9.59 Å². The third-order valence-electron chi connectivity index (χ3n) is 7.26. The van der Waals surface area contributed by atoms with Gasteiger partial charge in [-0.15, -0.1) is 0 Å². The van der Waals surface area contributed by atoms with E-state index in [0.29, 0.717) is 5.57 Å².